The van der Waals surface area contributed by atoms with Gasteiger partial charge in [0.1, 0.15) is 5.69 Å². The molecule has 128 valence electrons. The van der Waals surface area contributed by atoms with Crippen LogP contribution in [0, 0.1) is 0 Å². The Balaban J connectivity index is 1.47. The Morgan fingerprint density at radius 3 is 2.79 bits per heavy atom. The number of hydrogen-bond donors (Lipinski definition) is 0. The smallest absolute Gasteiger partial charge is 0.272 e. The van der Waals surface area contributed by atoms with Crippen LogP contribution in [0.3, 0.4) is 0 Å². The van der Waals surface area contributed by atoms with Crippen LogP contribution in [0.2, 0.25) is 0 Å². The highest BCUT2D eigenvalue weighted by molar-refractivity contribution is 5.94. The van der Waals surface area contributed by atoms with Crippen molar-refractivity contribution in [3.63, 3.8) is 0 Å². The summed E-state index contributed by atoms with van der Waals surface area (Å²) in [4.78, 5) is 14.8. The van der Waals surface area contributed by atoms with E-state index in [9.17, 15) is 4.79 Å². The molecule has 0 atom stereocenters. The van der Waals surface area contributed by atoms with Gasteiger partial charge < -0.3 is 4.90 Å². The van der Waals surface area contributed by atoms with Crippen LogP contribution in [-0.2, 0) is 20.0 Å². The van der Waals surface area contributed by atoms with E-state index in [2.05, 4.69) is 29.7 Å². The molecule has 4 heterocycles. The van der Waals surface area contributed by atoms with Crippen molar-refractivity contribution < 1.29 is 4.79 Å². The van der Waals surface area contributed by atoms with Crippen LogP contribution in [0.5, 0.6) is 0 Å². The van der Waals surface area contributed by atoms with Gasteiger partial charge in [-0.2, -0.15) is 10.2 Å². The zero-order chi connectivity index (χ0) is 16.8. The third-order valence-corrected chi connectivity index (χ3v) is 5.31. The first-order valence-corrected chi connectivity index (χ1v) is 8.92. The minimum absolute atomic E-state index is 0.0962. The Morgan fingerprint density at radius 2 is 2.08 bits per heavy atom. The summed E-state index contributed by atoms with van der Waals surface area (Å²) in [5.74, 6) is 0.774. The number of nitrogens with zero attached hydrogens (tertiary/aromatic N) is 5. The third kappa shape index (κ3) is 2.44. The van der Waals surface area contributed by atoms with Crippen LogP contribution < -0.4 is 0 Å². The average molecular weight is 327 g/mol. The maximum absolute atomic E-state index is 12.8. The van der Waals surface area contributed by atoms with Gasteiger partial charge in [-0.3, -0.25) is 14.2 Å². The quantitative estimate of drug-likeness (QED) is 0.869. The van der Waals surface area contributed by atoms with Crippen LogP contribution in [0.4, 0.5) is 0 Å². The molecule has 0 aliphatic carbocycles. The van der Waals surface area contributed by atoms with Gasteiger partial charge >= 0.3 is 0 Å². The van der Waals surface area contributed by atoms with Gasteiger partial charge in [-0.05, 0) is 31.2 Å². The highest BCUT2D eigenvalue weighted by Gasteiger charge is 2.36. The fraction of sp³-hybridized carbons (Fsp3) is 0.611. The highest BCUT2D eigenvalue weighted by atomic mass is 16.2. The van der Waals surface area contributed by atoms with Gasteiger partial charge in [-0.1, -0.05) is 13.8 Å². The van der Waals surface area contributed by atoms with Crippen LogP contribution in [-0.4, -0.2) is 43.5 Å². The molecule has 2 aliphatic heterocycles. The number of aryl methyl sites for hydroxylation is 3. The summed E-state index contributed by atoms with van der Waals surface area (Å²) in [6.07, 6.45) is 5.44. The van der Waals surface area contributed by atoms with Crippen molar-refractivity contribution in [3.8, 4) is 0 Å². The van der Waals surface area contributed by atoms with E-state index < -0.39 is 0 Å². The molecule has 6 heteroatoms. The molecule has 1 saturated heterocycles. The predicted octanol–water partition coefficient (Wildman–Crippen LogP) is 2.32. The number of carbonyl (C=O) groups excluding carboxylic acids is 1. The molecular weight excluding hydrogens is 302 g/mol. The molecule has 2 aromatic heterocycles. The van der Waals surface area contributed by atoms with E-state index in [4.69, 9.17) is 5.10 Å². The average Bonchev–Trinajstić information content (AvgIpc) is 3.08. The molecule has 24 heavy (non-hydrogen) atoms. The summed E-state index contributed by atoms with van der Waals surface area (Å²) in [5, 5.41) is 9.03. The van der Waals surface area contributed by atoms with E-state index in [0.717, 1.165) is 43.0 Å². The van der Waals surface area contributed by atoms with Crippen molar-refractivity contribution in [2.24, 2.45) is 7.05 Å². The summed E-state index contributed by atoms with van der Waals surface area (Å²) in [7, 11) is 1.85. The fourth-order valence-corrected chi connectivity index (χ4v) is 3.76. The van der Waals surface area contributed by atoms with Gasteiger partial charge in [0, 0.05) is 43.9 Å². The van der Waals surface area contributed by atoms with Crippen molar-refractivity contribution in [1.29, 1.82) is 0 Å². The van der Waals surface area contributed by atoms with Crippen molar-refractivity contribution in [2.45, 2.75) is 51.5 Å². The van der Waals surface area contributed by atoms with Crippen molar-refractivity contribution in [3.05, 3.63) is 34.9 Å². The molecule has 2 aliphatic rings. The van der Waals surface area contributed by atoms with E-state index >= 15 is 0 Å². The number of rotatable bonds is 3. The van der Waals surface area contributed by atoms with Gasteiger partial charge in [-0.15, -0.1) is 0 Å². The number of carbonyl (C=O) groups is 1. The SMILES string of the molecule is CC(C)c1cnn(C)c1C(=O)N1CC(c2cc3n(n2)CCCC3)C1. The first-order chi connectivity index (χ1) is 11.5. The Hall–Kier alpha value is -2.11. The van der Waals surface area contributed by atoms with E-state index in [1.54, 1.807) is 4.68 Å². The normalized spacial score (nSPS) is 17.9. The second-order valence-corrected chi connectivity index (χ2v) is 7.37. The van der Waals surface area contributed by atoms with Crippen LogP contribution in [0.15, 0.2) is 12.3 Å². The lowest BCUT2D eigenvalue weighted by Crippen LogP contribution is -2.49. The fourth-order valence-electron chi connectivity index (χ4n) is 3.76. The predicted molar refractivity (Wildman–Crippen MR) is 91.1 cm³/mol. The Morgan fingerprint density at radius 1 is 1.29 bits per heavy atom. The number of hydrogen-bond acceptors (Lipinski definition) is 3. The molecule has 0 spiro atoms. The topological polar surface area (TPSA) is 56.0 Å². The first-order valence-electron chi connectivity index (χ1n) is 8.92. The molecule has 0 N–H and O–H groups in total. The Bertz CT molecular complexity index is 743. The molecule has 2 aromatic rings. The summed E-state index contributed by atoms with van der Waals surface area (Å²) >= 11 is 0. The molecule has 0 radical (unpaired) electrons. The molecule has 0 bridgehead atoms. The lowest BCUT2D eigenvalue weighted by Gasteiger charge is -2.38. The maximum atomic E-state index is 12.8. The second-order valence-electron chi connectivity index (χ2n) is 7.37. The molecule has 1 amide bonds. The lowest BCUT2D eigenvalue weighted by molar-refractivity contribution is 0.0585. The third-order valence-electron chi connectivity index (χ3n) is 5.31. The van der Waals surface area contributed by atoms with E-state index in [-0.39, 0.29) is 5.91 Å². The van der Waals surface area contributed by atoms with Gasteiger partial charge in [0.05, 0.1) is 11.9 Å². The standard InChI is InChI=1S/C18H25N5O/c1-12(2)15-9-19-21(3)17(15)18(24)22-10-13(11-22)16-8-14-6-4-5-7-23(14)20-16/h8-9,12-13H,4-7,10-11H2,1-3H3. The summed E-state index contributed by atoms with van der Waals surface area (Å²) in [6, 6.07) is 2.25. The van der Waals surface area contributed by atoms with Gasteiger partial charge in [0.2, 0.25) is 0 Å². The second kappa shape index (κ2) is 5.76. The van der Waals surface area contributed by atoms with Crippen molar-refractivity contribution in [2.75, 3.05) is 13.1 Å². The number of likely N-dealkylation sites (tertiary alicyclic amines) is 1. The maximum Gasteiger partial charge on any atom is 0.272 e. The van der Waals surface area contributed by atoms with Gasteiger partial charge in [0.15, 0.2) is 0 Å². The number of fused-ring (bicyclic) bond motifs is 1. The summed E-state index contributed by atoms with van der Waals surface area (Å²) < 4.78 is 3.86. The molecular formula is C18H25N5O. The summed E-state index contributed by atoms with van der Waals surface area (Å²) in [6.45, 7) is 6.76. The van der Waals surface area contributed by atoms with Crippen LogP contribution in [0.25, 0.3) is 0 Å². The molecule has 0 saturated carbocycles. The molecule has 0 aromatic carbocycles. The van der Waals surface area contributed by atoms with Crippen LogP contribution >= 0.6 is 0 Å². The Labute approximate surface area is 142 Å². The molecule has 6 nitrogen and oxygen atoms in total. The summed E-state index contributed by atoms with van der Waals surface area (Å²) in [5.41, 5.74) is 4.27. The van der Waals surface area contributed by atoms with Crippen molar-refractivity contribution in [1.82, 2.24) is 24.5 Å². The lowest BCUT2D eigenvalue weighted by atomic mass is 9.94. The Kier molecular flexibility index (Phi) is 3.70. The first kappa shape index (κ1) is 15.4. The highest BCUT2D eigenvalue weighted by Crippen LogP contribution is 2.30. The molecule has 0 unspecified atom stereocenters. The minimum atomic E-state index is 0.0962. The van der Waals surface area contributed by atoms with E-state index in [1.165, 1.54) is 18.5 Å². The number of aromatic nitrogens is 4. The van der Waals surface area contributed by atoms with Crippen molar-refractivity contribution >= 4 is 5.91 Å². The van der Waals surface area contributed by atoms with E-state index in [0.29, 0.717) is 11.8 Å². The van der Waals surface area contributed by atoms with E-state index in [1.807, 2.05) is 18.1 Å². The zero-order valence-corrected chi connectivity index (χ0v) is 14.7. The molecule has 4 rings (SSSR count). The van der Waals surface area contributed by atoms with Crippen LogP contribution in [0.1, 0.15) is 66.0 Å². The number of amides is 1. The minimum Gasteiger partial charge on any atom is -0.336 e. The monoisotopic (exact) mass is 327 g/mol. The largest absolute Gasteiger partial charge is 0.336 e. The van der Waals surface area contributed by atoms with Gasteiger partial charge in [0.25, 0.3) is 5.91 Å². The molecule has 1 fully saturated rings. The zero-order valence-electron chi connectivity index (χ0n) is 14.7. The van der Waals surface area contributed by atoms with Gasteiger partial charge in [-0.25, -0.2) is 0 Å².